The topological polar surface area (TPSA) is 122 Å². The Morgan fingerprint density at radius 2 is 1.75 bits per heavy atom. The van der Waals surface area contributed by atoms with Crippen LogP contribution < -0.4 is 10.6 Å². The molecule has 0 bridgehead atoms. The minimum atomic E-state index is -0.614. The number of nitrogens with one attached hydrogen (secondary N) is 2. The van der Waals surface area contributed by atoms with Crippen molar-refractivity contribution in [1.82, 2.24) is 5.32 Å². The summed E-state index contributed by atoms with van der Waals surface area (Å²) in [5.74, 6) is -1.21. The van der Waals surface area contributed by atoms with Crippen molar-refractivity contribution in [1.29, 1.82) is 0 Å². The maximum atomic E-state index is 12.1. The van der Waals surface area contributed by atoms with Crippen molar-refractivity contribution in [3.63, 3.8) is 0 Å². The average molecular weight is 325 g/mol. The van der Waals surface area contributed by atoms with Gasteiger partial charge in [0, 0.05) is 23.9 Å². The molecule has 0 atom stereocenters. The van der Waals surface area contributed by atoms with Crippen molar-refractivity contribution < 1.29 is 19.6 Å². The Hall–Kier alpha value is -3.68. The van der Waals surface area contributed by atoms with Gasteiger partial charge >= 0.3 is 0 Å². The zero-order valence-corrected chi connectivity index (χ0v) is 12.1. The number of nitro benzene ring substituents is 1. The third kappa shape index (κ3) is 2.80. The number of hydrogen-bond donors (Lipinski definition) is 3. The Morgan fingerprint density at radius 3 is 2.38 bits per heavy atom. The summed E-state index contributed by atoms with van der Waals surface area (Å²) in [6, 6.07) is 11.4. The molecular weight excluding hydrogens is 314 g/mol. The Kier molecular flexibility index (Phi) is 3.70. The molecule has 2 aromatic carbocycles. The summed E-state index contributed by atoms with van der Waals surface area (Å²) >= 11 is 0. The molecule has 8 nitrogen and oxygen atoms in total. The van der Waals surface area contributed by atoms with E-state index in [1.54, 1.807) is 12.1 Å². The first kappa shape index (κ1) is 15.2. The van der Waals surface area contributed by atoms with Crippen LogP contribution in [-0.4, -0.2) is 21.8 Å². The summed E-state index contributed by atoms with van der Waals surface area (Å²) < 4.78 is 0. The van der Waals surface area contributed by atoms with E-state index in [1.165, 1.54) is 36.4 Å². The second kappa shape index (κ2) is 5.84. The second-order valence-corrected chi connectivity index (χ2v) is 5.01. The minimum Gasteiger partial charge on any atom is -0.508 e. The van der Waals surface area contributed by atoms with E-state index in [4.69, 9.17) is 0 Å². The first-order chi connectivity index (χ1) is 11.5. The molecule has 0 aromatic heterocycles. The zero-order valence-electron chi connectivity index (χ0n) is 12.1. The minimum absolute atomic E-state index is 0.00205. The van der Waals surface area contributed by atoms with Gasteiger partial charge in [-0.1, -0.05) is 6.07 Å². The van der Waals surface area contributed by atoms with Crippen LogP contribution in [-0.2, 0) is 9.59 Å². The Morgan fingerprint density at radius 1 is 1.04 bits per heavy atom. The largest absolute Gasteiger partial charge is 0.508 e. The highest BCUT2D eigenvalue weighted by atomic mass is 16.6. The fourth-order valence-electron chi connectivity index (χ4n) is 2.33. The lowest BCUT2D eigenvalue weighted by molar-refractivity contribution is -0.384. The molecule has 0 saturated carbocycles. The molecule has 1 aliphatic heterocycles. The predicted octanol–water partition coefficient (Wildman–Crippen LogP) is 1.78. The molecule has 3 rings (SSSR count). The van der Waals surface area contributed by atoms with Crippen LogP contribution in [0.3, 0.4) is 0 Å². The number of rotatable bonds is 4. The molecule has 0 radical (unpaired) electrons. The van der Waals surface area contributed by atoms with Gasteiger partial charge in [0.15, 0.2) is 0 Å². The molecule has 2 amide bonds. The fourth-order valence-corrected chi connectivity index (χ4v) is 2.33. The van der Waals surface area contributed by atoms with Crippen LogP contribution in [0.4, 0.5) is 11.4 Å². The van der Waals surface area contributed by atoms with E-state index in [2.05, 4.69) is 10.6 Å². The summed E-state index contributed by atoms with van der Waals surface area (Å²) in [4.78, 5) is 34.2. The van der Waals surface area contributed by atoms with Crippen molar-refractivity contribution in [3.8, 4) is 5.75 Å². The van der Waals surface area contributed by atoms with Crippen molar-refractivity contribution in [3.05, 3.63) is 69.9 Å². The van der Waals surface area contributed by atoms with Crippen molar-refractivity contribution >= 4 is 28.8 Å². The lowest BCUT2D eigenvalue weighted by Crippen LogP contribution is -2.24. The van der Waals surface area contributed by atoms with Gasteiger partial charge in [-0.15, -0.1) is 0 Å². The third-order valence-electron chi connectivity index (χ3n) is 3.41. The molecule has 0 fully saturated rings. The van der Waals surface area contributed by atoms with E-state index in [1.807, 2.05) is 0 Å². The van der Waals surface area contributed by atoms with Gasteiger partial charge in [-0.3, -0.25) is 25.0 Å². The zero-order chi connectivity index (χ0) is 17.3. The number of benzene rings is 2. The van der Waals surface area contributed by atoms with Crippen molar-refractivity contribution in [2.75, 3.05) is 5.32 Å². The molecule has 2 aromatic rings. The summed E-state index contributed by atoms with van der Waals surface area (Å²) in [5, 5.41) is 25.2. The first-order valence-corrected chi connectivity index (χ1v) is 6.86. The smallest absolute Gasteiger partial charge is 0.275 e. The molecular formula is C16H11N3O5. The highest BCUT2D eigenvalue weighted by molar-refractivity contribution is 6.36. The number of amides is 2. The summed E-state index contributed by atoms with van der Waals surface area (Å²) in [6.45, 7) is 0. The number of phenols is 1. The van der Waals surface area contributed by atoms with Gasteiger partial charge < -0.3 is 10.4 Å². The SMILES string of the molecule is O=C1NC(=O)C(c2ccc([N+](=O)[O-])cc2)=C1Nc1cccc(O)c1. The van der Waals surface area contributed by atoms with Gasteiger partial charge in [0.2, 0.25) is 0 Å². The van der Waals surface area contributed by atoms with E-state index < -0.39 is 16.7 Å². The molecule has 0 unspecified atom stereocenters. The normalized spacial score (nSPS) is 13.8. The number of phenolic OH excluding ortho intramolecular Hbond substituents is 1. The van der Waals surface area contributed by atoms with Crippen LogP contribution in [0.15, 0.2) is 54.2 Å². The number of nitro groups is 1. The van der Waals surface area contributed by atoms with Crippen LogP contribution in [0, 0.1) is 10.1 Å². The standard InChI is InChI=1S/C16H11N3O5/c20-12-3-1-2-10(8-12)17-14-13(15(21)18-16(14)22)9-4-6-11(7-5-9)19(23)24/h1-8,20H,(H2,17,18,21,22). The fraction of sp³-hybridized carbons (Fsp3) is 0. The molecule has 1 heterocycles. The number of carbonyl (C=O) groups excluding carboxylic acids is 2. The highest BCUT2D eigenvalue weighted by Gasteiger charge is 2.31. The van der Waals surface area contributed by atoms with Gasteiger partial charge in [0.1, 0.15) is 11.4 Å². The predicted molar refractivity (Wildman–Crippen MR) is 84.9 cm³/mol. The number of carbonyl (C=O) groups is 2. The maximum absolute atomic E-state index is 12.1. The molecule has 0 aliphatic carbocycles. The van der Waals surface area contributed by atoms with Crippen LogP contribution in [0.1, 0.15) is 5.56 Å². The lowest BCUT2D eigenvalue weighted by atomic mass is 10.0. The van der Waals surface area contributed by atoms with E-state index in [-0.39, 0.29) is 22.7 Å². The summed E-state index contributed by atoms with van der Waals surface area (Å²) in [6.07, 6.45) is 0. The average Bonchev–Trinajstić information content (AvgIpc) is 2.81. The van der Waals surface area contributed by atoms with Crippen molar-refractivity contribution in [2.24, 2.45) is 0 Å². The maximum Gasteiger partial charge on any atom is 0.275 e. The molecule has 0 spiro atoms. The summed E-state index contributed by atoms with van der Waals surface area (Å²) in [7, 11) is 0. The van der Waals surface area contributed by atoms with E-state index in [0.29, 0.717) is 11.3 Å². The molecule has 8 heteroatoms. The first-order valence-electron chi connectivity index (χ1n) is 6.86. The molecule has 24 heavy (non-hydrogen) atoms. The molecule has 3 N–H and O–H groups in total. The van der Waals surface area contributed by atoms with E-state index in [0.717, 1.165) is 0 Å². The molecule has 0 saturated heterocycles. The van der Waals surface area contributed by atoms with Crippen LogP contribution >= 0.6 is 0 Å². The number of aromatic hydroxyl groups is 1. The number of hydrogen-bond acceptors (Lipinski definition) is 6. The van der Waals surface area contributed by atoms with Crippen LogP contribution in [0.5, 0.6) is 5.75 Å². The van der Waals surface area contributed by atoms with Gasteiger partial charge in [0.25, 0.3) is 17.5 Å². The quantitative estimate of drug-likeness (QED) is 0.447. The Labute approximate surface area is 135 Å². The Balaban J connectivity index is 2.03. The number of non-ortho nitro benzene ring substituents is 1. The third-order valence-corrected chi connectivity index (χ3v) is 3.41. The second-order valence-electron chi connectivity index (χ2n) is 5.01. The Bertz CT molecular complexity index is 887. The van der Waals surface area contributed by atoms with Gasteiger partial charge in [-0.05, 0) is 29.8 Å². The van der Waals surface area contributed by atoms with Gasteiger partial charge in [-0.2, -0.15) is 0 Å². The number of nitrogens with zero attached hydrogens (tertiary/aromatic N) is 1. The number of anilines is 1. The van der Waals surface area contributed by atoms with Gasteiger partial charge in [-0.25, -0.2) is 0 Å². The van der Waals surface area contributed by atoms with E-state index >= 15 is 0 Å². The molecule has 1 aliphatic rings. The van der Waals surface area contributed by atoms with Crippen LogP contribution in [0.2, 0.25) is 0 Å². The lowest BCUT2D eigenvalue weighted by Gasteiger charge is -2.08. The summed E-state index contributed by atoms with van der Waals surface area (Å²) in [5.41, 5.74) is 0.769. The van der Waals surface area contributed by atoms with Crippen molar-refractivity contribution in [2.45, 2.75) is 0 Å². The van der Waals surface area contributed by atoms with E-state index in [9.17, 15) is 24.8 Å². The number of imide groups is 1. The van der Waals surface area contributed by atoms with Gasteiger partial charge in [0.05, 0.1) is 10.5 Å². The monoisotopic (exact) mass is 325 g/mol. The van der Waals surface area contributed by atoms with Crippen LogP contribution in [0.25, 0.3) is 5.57 Å². The molecule has 120 valence electrons. The highest BCUT2D eigenvalue weighted by Crippen LogP contribution is 2.27.